The first-order valence-electron chi connectivity index (χ1n) is 7.18. The van der Waals surface area contributed by atoms with Crippen LogP contribution in [-0.2, 0) is 6.54 Å². The highest BCUT2D eigenvalue weighted by Crippen LogP contribution is 2.23. The van der Waals surface area contributed by atoms with Crippen LogP contribution in [0, 0.1) is 13.8 Å². The van der Waals surface area contributed by atoms with Crippen LogP contribution in [0.5, 0.6) is 0 Å². The normalized spacial score (nSPS) is 10.7. The molecule has 3 rings (SSSR count). The van der Waals surface area contributed by atoms with Crippen LogP contribution < -0.4 is 5.32 Å². The molecule has 0 bridgehead atoms. The molecule has 2 heterocycles. The van der Waals surface area contributed by atoms with E-state index in [4.69, 9.17) is 16.0 Å². The predicted molar refractivity (Wildman–Crippen MR) is 88.9 cm³/mol. The molecule has 0 atom stereocenters. The van der Waals surface area contributed by atoms with Gasteiger partial charge in [0.05, 0.1) is 29.9 Å². The van der Waals surface area contributed by atoms with Crippen molar-refractivity contribution in [3.05, 3.63) is 70.4 Å². The number of anilines is 1. The molecule has 0 saturated heterocycles. The maximum Gasteiger partial charge on any atom is 0.291 e. The number of nitrogens with one attached hydrogen (secondary N) is 1. The van der Waals surface area contributed by atoms with Crippen LogP contribution in [0.15, 0.2) is 47.1 Å². The highest BCUT2D eigenvalue weighted by atomic mass is 35.5. The van der Waals surface area contributed by atoms with Gasteiger partial charge in [0, 0.05) is 5.02 Å². The number of hydrogen-bond acceptors (Lipinski definition) is 3. The lowest BCUT2D eigenvalue weighted by atomic mass is 10.2. The van der Waals surface area contributed by atoms with Crippen molar-refractivity contribution in [1.29, 1.82) is 0 Å². The first-order chi connectivity index (χ1) is 11.1. The number of furan rings is 1. The molecule has 0 fully saturated rings. The molecule has 3 aromatic rings. The largest absolute Gasteiger partial charge is 0.459 e. The van der Waals surface area contributed by atoms with Crippen molar-refractivity contribution >= 4 is 23.2 Å². The zero-order valence-corrected chi connectivity index (χ0v) is 13.6. The first kappa shape index (κ1) is 15.4. The van der Waals surface area contributed by atoms with Crippen molar-refractivity contribution in [2.45, 2.75) is 20.4 Å². The van der Waals surface area contributed by atoms with Gasteiger partial charge >= 0.3 is 0 Å². The van der Waals surface area contributed by atoms with Crippen molar-refractivity contribution in [3.8, 4) is 0 Å². The van der Waals surface area contributed by atoms with Gasteiger partial charge in [-0.2, -0.15) is 5.10 Å². The van der Waals surface area contributed by atoms with Crippen molar-refractivity contribution < 1.29 is 9.21 Å². The summed E-state index contributed by atoms with van der Waals surface area (Å²) in [6.07, 6.45) is 1.47. The number of benzene rings is 1. The van der Waals surface area contributed by atoms with Gasteiger partial charge in [-0.25, -0.2) is 0 Å². The zero-order valence-electron chi connectivity index (χ0n) is 12.8. The molecule has 1 amide bonds. The van der Waals surface area contributed by atoms with Gasteiger partial charge in [0.15, 0.2) is 5.76 Å². The van der Waals surface area contributed by atoms with E-state index in [1.165, 1.54) is 6.26 Å². The standard InChI is InChI=1S/C17H16ClN3O2/c1-11-16(19-17(22)15-8-5-9-23-15)12(2)21(20-11)10-13-6-3-4-7-14(13)18/h3-9H,10H2,1-2H3,(H,19,22). The molecular weight excluding hydrogens is 314 g/mol. The summed E-state index contributed by atoms with van der Waals surface area (Å²) in [6.45, 7) is 4.31. The number of halogens is 1. The van der Waals surface area contributed by atoms with E-state index in [9.17, 15) is 4.79 Å². The van der Waals surface area contributed by atoms with Gasteiger partial charge in [0.25, 0.3) is 5.91 Å². The lowest BCUT2D eigenvalue weighted by Gasteiger charge is -2.07. The summed E-state index contributed by atoms with van der Waals surface area (Å²) in [6, 6.07) is 10.9. The van der Waals surface area contributed by atoms with E-state index in [2.05, 4.69) is 10.4 Å². The molecule has 0 aliphatic rings. The monoisotopic (exact) mass is 329 g/mol. The number of aromatic nitrogens is 2. The summed E-state index contributed by atoms with van der Waals surface area (Å²) in [5, 5.41) is 8.04. The molecule has 0 aliphatic carbocycles. The number of aryl methyl sites for hydroxylation is 1. The Morgan fingerprint density at radius 2 is 2.04 bits per heavy atom. The van der Waals surface area contributed by atoms with E-state index >= 15 is 0 Å². The Kier molecular flexibility index (Phi) is 4.21. The average molecular weight is 330 g/mol. The molecule has 5 nitrogen and oxygen atoms in total. The lowest BCUT2D eigenvalue weighted by molar-refractivity contribution is 0.0996. The molecule has 2 aromatic heterocycles. The second kappa shape index (κ2) is 6.30. The van der Waals surface area contributed by atoms with Crippen molar-refractivity contribution in [1.82, 2.24) is 9.78 Å². The quantitative estimate of drug-likeness (QED) is 0.785. The molecule has 0 aliphatic heterocycles. The lowest BCUT2D eigenvalue weighted by Crippen LogP contribution is -2.12. The molecular formula is C17H16ClN3O2. The molecule has 0 saturated carbocycles. The third kappa shape index (κ3) is 3.14. The maximum absolute atomic E-state index is 12.1. The summed E-state index contributed by atoms with van der Waals surface area (Å²) >= 11 is 6.20. The van der Waals surface area contributed by atoms with E-state index < -0.39 is 0 Å². The van der Waals surface area contributed by atoms with Gasteiger partial charge < -0.3 is 9.73 Å². The third-order valence-corrected chi connectivity index (χ3v) is 4.01. The Balaban J connectivity index is 1.85. The van der Waals surface area contributed by atoms with Crippen LogP contribution in [0.4, 0.5) is 5.69 Å². The van der Waals surface area contributed by atoms with E-state index in [1.54, 1.807) is 12.1 Å². The molecule has 6 heteroatoms. The van der Waals surface area contributed by atoms with Gasteiger partial charge in [-0.15, -0.1) is 0 Å². The Morgan fingerprint density at radius 1 is 1.26 bits per heavy atom. The van der Waals surface area contributed by atoms with Gasteiger partial charge in [-0.05, 0) is 37.6 Å². The Morgan fingerprint density at radius 3 is 2.74 bits per heavy atom. The predicted octanol–water partition coefficient (Wildman–Crippen LogP) is 4.05. The van der Waals surface area contributed by atoms with Crippen LogP contribution in [0.1, 0.15) is 27.5 Å². The van der Waals surface area contributed by atoms with Crippen LogP contribution in [0.2, 0.25) is 5.02 Å². The number of carbonyl (C=O) groups excluding carboxylic acids is 1. The average Bonchev–Trinajstić information content (AvgIpc) is 3.14. The molecule has 118 valence electrons. The minimum atomic E-state index is -0.293. The summed E-state index contributed by atoms with van der Waals surface area (Å²) < 4.78 is 6.94. The third-order valence-electron chi connectivity index (χ3n) is 3.64. The minimum absolute atomic E-state index is 0.266. The number of hydrogen-bond donors (Lipinski definition) is 1. The molecule has 23 heavy (non-hydrogen) atoms. The second-order valence-electron chi connectivity index (χ2n) is 5.23. The molecule has 1 aromatic carbocycles. The summed E-state index contributed by atoms with van der Waals surface area (Å²) in [7, 11) is 0. The maximum atomic E-state index is 12.1. The topological polar surface area (TPSA) is 60.1 Å². The highest BCUT2D eigenvalue weighted by Gasteiger charge is 2.17. The van der Waals surface area contributed by atoms with Crippen LogP contribution in [-0.4, -0.2) is 15.7 Å². The highest BCUT2D eigenvalue weighted by molar-refractivity contribution is 6.31. The molecule has 0 spiro atoms. The summed E-state index contributed by atoms with van der Waals surface area (Å²) in [5.41, 5.74) is 3.28. The van der Waals surface area contributed by atoms with Crippen molar-refractivity contribution in [2.75, 3.05) is 5.32 Å². The SMILES string of the molecule is Cc1nn(Cc2ccccc2Cl)c(C)c1NC(=O)c1ccco1. The minimum Gasteiger partial charge on any atom is -0.459 e. The van der Waals surface area contributed by atoms with E-state index in [0.29, 0.717) is 17.3 Å². The first-order valence-corrected chi connectivity index (χ1v) is 7.56. The fourth-order valence-corrected chi connectivity index (χ4v) is 2.60. The Bertz CT molecular complexity index is 838. The van der Waals surface area contributed by atoms with Gasteiger partial charge in [-0.3, -0.25) is 9.48 Å². The van der Waals surface area contributed by atoms with Gasteiger partial charge in [0.1, 0.15) is 0 Å². The van der Waals surface area contributed by atoms with Gasteiger partial charge in [0.2, 0.25) is 0 Å². The zero-order chi connectivity index (χ0) is 16.4. The van der Waals surface area contributed by atoms with Crippen LogP contribution in [0.25, 0.3) is 0 Å². The summed E-state index contributed by atoms with van der Waals surface area (Å²) in [4.78, 5) is 12.1. The van der Waals surface area contributed by atoms with E-state index in [0.717, 1.165) is 17.0 Å². The summed E-state index contributed by atoms with van der Waals surface area (Å²) in [5.74, 6) is -0.0267. The Hall–Kier alpha value is -2.53. The molecule has 0 radical (unpaired) electrons. The molecule has 0 unspecified atom stereocenters. The smallest absolute Gasteiger partial charge is 0.291 e. The fraction of sp³-hybridized carbons (Fsp3) is 0.176. The number of amides is 1. The number of rotatable bonds is 4. The van der Waals surface area contributed by atoms with Crippen LogP contribution >= 0.6 is 11.6 Å². The number of carbonyl (C=O) groups is 1. The van der Waals surface area contributed by atoms with E-state index in [-0.39, 0.29) is 11.7 Å². The fourth-order valence-electron chi connectivity index (χ4n) is 2.40. The van der Waals surface area contributed by atoms with Crippen molar-refractivity contribution in [2.24, 2.45) is 0 Å². The van der Waals surface area contributed by atoms with Gasteiger partial charge in [-0.1, -0.05) is 29.8 Å². The van der Waals surface area contributed by atoms with Crippen LogP contribution in [0.3, 0.4) is 0 Å². The molecule has 1 N–H and O–H groups in total. The van der Waals surface area contributed by atoms with Crippen molar-refractivity contribution in [3.63, 3.8) is 0 Å². The second-order valence-corrected chi connectivity index (χ2v) is 5.63. The number of nitrogens with zero attached hydrogens (tertiary/aromatic N) is 2. The Labute approximate surface area is 138 Å². The van der Waals surface area contributed by atoms with E-state index in [1.807, 2.05) is 42.8 Å².